The van der Waals surface area contributed by atoms with Crippen LogP contribution in [0.4, 0.5) is 0 Å². The van der Waals surface area contributed by atoms with E-state index in [0.717, 1.165) is 22.3 Å². The molecule has 0 aliphatic heterocycles. The van der Waals surface area contributed by atoms with Crippen LogP contribution >= 0.6 is 7.53 Å². The Morgan fingerprint density at radius 3 is 1.58 bits per heavy atom. The summed E-state index contributed by atoms with van der Waals surface area (Å²) in [5.74, 6) is 0.913. The van der Waals surface area contributed by atoms with E-state index in [4.69, 9.17) is 4.98 Å². The quantitative estimate of drug-likeness (QED) is 0.116. The van der Waals surface area contributed by atoms with Crippen molar-refractivity contribution in [3.05, 3.63) is 243 Å². The number of para-hydroxylation sites is 2. The summed E-state index contributed by atoms with van der Waals surface area (Å²) in [6.45, 7) is 0. The fourth-order valence-electron chi connectivity index (χ4n) is 10.7. The summed E-state index contributed by atoms with van der Waals surface area (Å²) < 4.78 is 4.93. The van der Waals surface area contributed by atoms with Gasteiger partial charge in [-0.25, -0.2) is 4.98 Å². The van der Waals surface area contributed by atoms with Crippen LogP contribution in [0.3, 0.4) is 0 Å². The molecule has 0 amide bonds. The highest BCUT2D eigenvalue weighted by Crippen LogP contribution is 2.55. The predicted molar refractivity (Wildman–Crippen MR) is 276 cm³/mol. The number of pyridine rings is 1. The molecule has 9 aromatic carbocycles. The average Bonchev–Trinajstić information content (AvgIpc) is 4.01. The maximum absolute atomic E-state index is 5.88. The van der Waals surface area contributed by atoms with Crippen molar-refractivity contribution in [1.29, 1.82) is 0 Å². The zero-order valence-corrected chi connectivity index (χ0v) is 36.8. The molecule has 0 radical (unpaired) electrons. The van der Waals surface area contributed by atoms with E-state index in [0.29, 0.717) is 0 Å². The van der Waals surface area contributed by atoms with Crippen LogP contribution in [0, 0.1) is 0 Å². The molecule has 5 heteroatoms. The Bertz CT molecular complexity index is 3790. The van der Waals surface area contributed by atoms with Gasteiger partial charge in [-0.3, -0.25) is 4.57 Å². The number of aromatic nitrogens is 3. The highest BCUT2D eigenvalue weighted by Gasteiger charge is 2.43. The van der Waals surface area contributed by atoms with Crippen LogP contribution in [0.25, 0.3) is 81.4 Å². The van der Waals surface area contributed by atoms with E-state index >= 15 is 0 Å². The molecule has 64 heavy (non-hydrogen) atoms. The molecule has 0 saturated carbocycles. The lowest BCUT2D eigenvalue weighted by Gasteiger charge is -2.33. The van der Waals surface area contributed by atoms with Crippen molar-refractivity contribution in [1.82, 2.24) is 14.1 Å². The maximum atomic E-state index is 5.88. The van der Waals surface area contributed by atoms with Gasteiger partial charge >= 0.3 is 0 Å². The molecule has 1 unspecified atom stereocenters. The van der Waals surface area contributed by atoms with Gasteiger partial charge in [-0.2, -0.15) is 0 Å². The number of hydrogen-bond acceptors (Lipinski definition) is 1. The summed E-state index contributed by atoms with van der Waals surface area (Å²) in [6.07, 6.45) is 0. The normalized spacial score (nSPS) is 12.3. The van der Waals surface area contributed by atoms with E-state index in [1.807, 2.05) is 0 Å². The molecule has 1 atom stereocenters. The number of benzene rings is 9. The molecule has 0 aliphatic carbocycles. The highest BCUT2D eigenvalue weighted by molar-refractivity contribution is 7.67. The molecule has 4 heterocycles. The van der Waals surface area contributed by atoms with E-state index < -0.39 is 15.6 Å². The Hall–Kier alpha value is -7.75. The minimum Gasteiger partial charge on any atom is -0.309 e. The fraction of sp³-hybridized carbons (Fsp3) is 0. The molecule has 0 spiro atoms. The predicted octanol–water partition coefficient (Wildman–Crippen LogP) is 12.9. The second kappa shape index (κ2) is 14.7. The van der Waals surface area contributed by atoms with Crippen LogP contribution in [0.15, 0.2) is 243 Å². The van der Waals surface area contributed by atoms with Gasteiger partial charge < -0.3 is 4.57 Å². The van der Waals surface area contributed by atoms with Gasteiger partial charge in [0.25, 0.3) is 0 Å². The fourth-order valence-corrected chi connectivity index (χ4v) is 17.9. The van der Waals surface area contributed by atoms with Gasteiger partial charge in [-0.1, -0.05) is 202 Å². The smallest absolute Gasteiger partial charge is 0.201 e. The van der Waals surface area contributed by atoms with Gasteiger partial charge in [0.1, 0.15) is 5.82 Å². The Morgan fingerprint density at radius 2 is 0.906 bits per heavy atom. The van der Waals surface area contributed by atoms with Crippen LogP contribution < -0.4 is 20.9 Å². The first-order valence-electron chi connectivity index (χ1n) is 22.0. The molecule has 300 valence electrons. The number of hydrogen-bond donors (Lipinski definition) is 0. The lowest BCUT2D eigenvalue weighted by Crippen LogP contribution is -2.75. The SMILES string of the molecule is c1ccc(-p2c3ccccc3c3cc(-n4c5ccccc5c5c4ccc4c6ccccc6n(-c6cccc([Si](c7ccccc7)(c7ccccc7)c7ccccc7)n6)c45)ccc32)cc1. The van der Waals surface area contributed by atoms with Crippen LogP contribution in [-0.4, -0.2) is 22.2 Å². The molecule has 13 rings (SSSR count). The van der Waals surface area contributed by atoms with Crippen molar-refractivity contribution in [2.75, 3.05) is 0 Å². The molecule has 0 fully saturated rings. The zero-order valence-electron chi connectivity index (χ0n) is 34.9. The summed E-state index contributed by atoms with van der Waals surface area (Å²) in [5, 5.41) is 16.8. The van der Waals surface area contributed by atoms with Gasteiger partial charge in [0, 0.05) is 42.8 Å². The van der Waals surface area contributed by atoms with Crippen molar-refractivity contribution in [2.24, 2.45) is 0 Å². The third-order valence-corrected chi connectivity index (χ3v) is 20.6. The standard InChI is InChI=1S/C59H40N3PSi/c1-5-20-42(21-6-1)63-54-33-18-15-29-47(54)50-40-41(36-39-55(50)63)61-52-32-17-14-30-49(52)58-53(61)38-37-48-46-28-13-16-31-51(46)62(59(48)58)56-34-19-35-57(60-56)64(43-22-7-2-8-23-43,44-24-9-3-10-25-44)45-26-11-4-12-27-45/h1-40H. The molecule has 0 saturated heterocycles. The lowest BCUT2D eigenvalue weighted by atomic mass is 10.1. The second-order valence-electron chi connectivity index (χ2n) is 16.7. The number of nitrogens with zero attached hydrogens (tertiary/aromatic N) is 3. The first-order chi connectivity index (χ1) is 31.8. The molecule has 3 nitrogen and oxygen atoms in total. The monoisotopic (exact) mass is 849 g/mol. The first-order valence-corrected chi connectivity index (χ1v) is 25.3. The average molecular weight is 850 g/mol. The van der Waals surface area contributed by atoms with E-state index in [1.165, 1.54) is 80.0 Å². The summed E-state index contributed by atoms with van der Waals surface area (Å²) in [5.41, 5.74) is 5.83. The van der Waals surface area contributed by atoms with E-state index in [1.54, 1.807) is 0 Å². The third kappa shape index (κ3) is 5.37. The molecule has 0 aliphatic rings. The molecular weight excluding hydrogens is 810 g/mol. The lowest BCUT2D eigenvalue weighted by molar-refractivity contribution is 1.10. The van der Waals surface area contributed by atoms with Crippen molar-refractivity contribution in [3.63, 3.8) is 0 Å². The zero-order chi connectivity index (χ0) is 42.2. The number of rotatable bonds is 7. The van der Waals surface area contributed by atoms with Gasteiger partial charge in [0.15, 0.2) is 0 Å². The van der Waals surface area contributed by atoms with E-state index in [-0.39, 0.29) is 0 Å². The van der Waals surface area contributed by atoms with Crippen LogP contribution in [0.2, 0.25) is 0 Å². The van der Waals surface area contributed by atoms with Crippen LogP contribution in [-0.2, 0) is 0 Å². The molecule has 0 bridgehead atoms. The van der Waals surface area contributed by atoms with Crippen LogP contribution in [0.1, 0.15) is 0 Å². The second-order valence-corrected chi connectivity index (χ2v) is 22.6. The molecule has 0 N–H and O–H groups in total. The Labute approximate surface area is 372 Å². The maximum Gasteiger partial charge on any atom is 0.201 e. The molecular formula is C59H40N3PSi. The van der Waals surface area contributed by atoms with Gasteiger partial charge in [-0.15, -0.1) is 0 Å². The summed E-state index contributed by atoms with van der Waals surface area (Å²) >= 11 is 0. The Kier molecular flexibility index (Phi) is 8.45. The van der Waals surface area contributed by atoms with E-state index in [9.17, 15) is 0 Å². The van der Waals surface area contributed by atoms with Crippen molar-refractivity contribution >= 4 is 101 Å². The Balaban J connectivity index is 1.10. The topological polar surface area (TPSA) is 22.8 Å². The summed E-state index contributed by atoms with van der Waals surface area (Å²) in [6, 6.07) is 89.7. The summed E-state index contributed by atoms with van der Waals surface area (Å²) in [4.78, 5) is 5.88. The van der Waals surface area contributed by atoms with Gasteiger partial charge in [0.05, 0.1) is 22.1 Å². The molecule has 13 aromatic rings. The van der Waals surface area contributed by atoms with Crippen LogP contribution in [0.5, 0.6) is 0 Å². The largest absolute Gasteiger partial charge is 0.309 e. The first kappa shape index (κ1) is 36.9. The van der Waals surface area contributed by atoms with Gasteiger partial charge in [-0.05, 0) is 80.2 Å². The molecule has 4 aromatic heterocycles. The highest BCUT2D eigenvalue weighted by atomic mass is 31.1. The Morgan fingerprint density at radius 1 is 0.359 bits per heavy atom. The minimum absolute atomic E-state index is 0.649. The summed E-state index contributed by atoms with van der Waals surface area (Å²) in [7, 11) is -3.55. The van der Waals surface area contributed by atoms with Gasteiger partial charge in [0.2, 0.25) is 8.07 Å². The van der Waals surface area contributed by atoms with Crippen molar-refractivity contribution < 1.29 is 0 Å². The van der Waals surface area contributed by atoms with Crippen molar-refractivity contribution in [2.45, 2.75) is 0 Å². The van der Waals surface area contributed by atoms with Crippen molar-refractivity contribution in [3.8, 4) is 16.8 Å². The minimum atomic E-state index is -2.90. The number of fused-ring (bicyclic) bond motifs is 10. The third-order valence-electron chi connectivity index (χ3n) is 13.4. The van der Waals surface area contributed by atoms with E-state index in [2.05, 4.69) is 252 Å².